The summed E-state index contributed by atoms with van der Waals surface area (Å²) in [7, 11) is 0. The van der Waals surface area contributed by atoms with Crippen molar-refractivity contribution in [3.8, 4) is 11.3 Å². The fraction of sp³-hybridized carbons (Fsp3) is 0.200. The standard InChI is InChI=1S/C25H26N4O2/c1-17-5-10-22(20(14-17)15-26-11-13-30)25(31)27-21-8-6-19(7-9-21)23-16-29-12-3-4-18(2)24(29)28-23/h3-10,12,14,16,26,30H,11,13,15H2,1-2H3,(H,27,31). The fourth-order valence-corrected chi connectivity index (χ4v) is 3.61. The van der Waals surface area contributed by atoms with Crippen LogP contribution < -0.4 is 10.6 Å². The van der Waals surface area contributed by atoms with Gasteiger partial charge in [0, 0.05) is 42.3 Å². The molecular weight excluding hydrogens is 388 g/mol. The number of imidazole rings is 1. The highest BCUT2D eigenvalue weighted by Gasteiger charge is 2.12. The molecule has 0 saturated heterocycles. The molecule has 0 atom stereocenters. The Morgan fingerprint density at radius 1 is 1.10 bits per heavy atom. The molecule has 158 valence electrons. The number of carbonyl (C=O) groups excluding carboxylic acids is 1. The third-order valence-electron chi connectivity index (χ3n) is 5.23. The topological polar surface area (TPSA) is 78.7 Å². The molecule has 6 heteroatoms. The van der Waals surface area contributed by atoms with Crippen LogP contribution in [0.15, 0.2) is 67.0 Å². The highest BCUT2D eigenvalue weighted by atomic mass is 16.3. The number of hydrogen-bond acceptors (Lipinski definition) is 4. The number of benzene rings is 2. The lowest BCUT2D eigenvalue weighted by atomic mass is 10.0. The van der Waals surface area contributed by atoms with Crippen molar-refractivity contribution in [1.82, 2.24) is 14.7 Å². The lowest BCUT2D eigenvalue weighted by molar-refractivity contribution is 0.102. The smallest absolute Gasteiger partial charge is 0.255 e. The number of fused-ring (bicyclic) bond motifs is 1. The number of amides is 1. The minimum Gasteiger partial charge on any atom is -0.395 e. The summed E-state index contributed by atoms with van der Waals surface area (Å²) in [6.07, 6.45) is 4.00. The first kappa shape index (κ1) is 20.8. The Labute approximate surface area is 181 Å². The Balaban J connectivity index is 1.51. The van der Waals surface area contributed by atoms with Gasteiger partial charge in [-0.15, -0.1) is 0 Å². The second-order valence-corrected chi connectivity index (χ2v) is 7.64. The van der Waals surface area contributed by atoms with E-state index in [2.05, 4.69) is 10.6 Å². The molecule has 1 amide bonds. The molecule has 0 unspecified atom stereocenters. The third-order valence-corrected chi connectivity index (χ3v) is 5.23. The average molecular weight is 415 g/mol. The minimum atomic E-state index is -0.156. The van der Waals surface area contributed by atoms with E-state index in [-0.39, 0.29) is 12.5 Å². The molecule has 0 bridgehead atoms. The first-order chi connectivity index (χ1) is 15.0. The first-order valence-electron chi connectivity index (χ1n) is 10.3. The number of aliphatic hydroxyl groups is 1. The van der Waals surface area contributed by atoms with Crippen molar-refractivity contribution in [3.63, 3.8) is 0 Å². The Bertz CT molecular complexity index is 1210. The van der Waals surface area contributed by atoms with Crippen LogP contribution in [0.3, 0.4) is 0 Å². The highest BCUT2D eigenvalue weighted by molar-refractivity contribution is 6.05. The summed E-state index contributed by atoms with van der Waals surface area (Å²) in [5.74, 6) is -0.156. The van der Waals surface area contributed by atoms with Gasteiger partial charge >= 0.3 is 0 Å². The molecule has 2 aromatic heterocycles. The largest absolute Gasteiger partial charge is 0.395 e. The summed E-state index contributed by atoms with van der Waals surface area (Å²) in [6.45, 7) is 5.11. The molecule has 0 fully saturated rings. The first-order valence-corrected chi connectivity index (χ1v) is 10.3. The van der Waals surface area contributed by atoms with E-state index in [9.17, 15) is 4.79 Å². The maximum atomic E-state index is 12.9. The van der Waals surface area contributed by atoms with E-state index in [1.807, 2.05) is 85.2 Å². The molecule has 0 radical (unpaired) electrons. The Kier molecular flexibility index (Phi) is 6.11. The summed E-state index contributed by atoms with van der Waals surface area (Å²) >= 11 is 0. The minimum absolute atomic E-state index is 0.0611. The van der Waals surface area contributed by atoms with Gasteiger partial charge in [0.15, 0.2) is 0 Å². The lowest BCUT2D eigenvalue weighted by Crippen LogP contribution is -2.21. The highest BCUT2D eigenvalue weighted by Crippen LogP contribution is 2.23. The molecular formula is C25H26N4O2. The van der Waals surface area contributed by atoms with Gasteiger partial charge in [0.25, 0.3) is 5.91 Å². The van der Waals surface area contributed by atoms with Gasteiger partial charge in [-0.2, -0.15) is 0 Å². The van der Waals surface area contributed by atoms with Crippen LogP contribution in [0.4, 0.5) is 5.69 Å². The normalized spacial score (nSPS) is 11.1. The summed E-state index contributed by atoms with van der Waals surface area (Å²) in [6, 6.07) is 17.5. The van der Waals surface area contributed by atoms with Crippen molar-refractivity contribution in [2.45, 2.75) is 20.4 Å². The van der Waals surface area contributed by atoms with Crippen LogP contribution in [0.2, 0.25) is 0 Å². The molecule has 2 aromatic carbocycles. The Hall–Kier alpha value is -3.48. The number of aliphatic hydroxyl groups excluding tert-OH is 1. The Morgan fingerprint density at radius 3 is 2.65 bits per heavy atom. The van der Waals surface area contributed by atoms with Crippen molar-refractivity contribution >= 4 is 17.2 Å². The number of aryl methyl sites for hydroxylation is 2. The predicted octanol–water partition coefficient (Wildman–Crippen LogP) is 3.95. The van der Waals surface area contributed by atoms with Gasteiger partial charge < -0.3 is 20.1 Å². The molecule has 0 aliphatic rings. The predicted molar refractivity (Wildman–Crippen MR) is 123 cm³/mol. The van der Waals surface area contributed by atoms with Crippen LogP contribution in [0.1, 0.15) is 27.0 Å². The van der Waals surface area contributed by atoms with E-state index >= 15 is 0 Å². The maximum Gasteiger partial charge on any atom is 0.255 e. The molecule has 0 aliphatic carbocycles. The maximum absolute atomic E-state index is 12.9. The summed E-state index contributed by atoms with van der Waals surface area (Å²) in [5, 5.41) is 15.1. The van der Waals surface area contributed by atoms with Crippen molar-refractivity contribution < 1.29 is 9.90 Å². The zero-order valence-electron chi connectivity index (χ0n) is 17.7. The number of pyridine rings is 1. The van der Waals surface area contributed by atoms with Crippen molar-refractivity contribution in [3.05, 3.63) is 89.2 Å². The van der Waals surface area contributed by atoms with E-state index < -0.39 is 0 Å². The number of nitrogens with one attached hydrogen (secondary N) is 2. The number of anilines is 1. The van der Waals surface area contributed by atoms with E-state index in [0.717, 1.165) is 39.3 Å². The SMILES string of the molecule is Cc1ccc(C(=O)Nc2ccc(-c3cn4cccc(C)c4n3)cc2)c(CNCCO)c1. The second kappa shape index (κ2) is 9.12. The van der Waals surface area contributed by atoms with Gasteiger partial charge in [-0.25, -0.2) is 4.98 Å². The molecule has 3 N–H and O–H groups in total. The Morgan fingerprint density at radius 2 is 1.90 bits per heavy atom. The molecule has 6 nitrogen and oxygen atoms in total. The molecule has 31 heavy (non-hydrogen) atoms. The second-order valence-electron chi connectivity index (χ2n) is 7.64. The van der Waals surface area contributed by atoms with Crippen LogP contribution in [0.25, 0.3) is 16.9 Å². The number of nitrogens with zero attached hydrogens (tertiary/aromatic N) is 2. The number of rotatable bonds is 7. The molecule has 4 rings (SSSR count). The lowest BCUT2D eigenvalue weighted by Gasteiger charge is -2.12. The molecule has 0 saturated carbocycles. The van der Waals surface area contributed by atoms with Crippen molar-refractivity contribution in [1.29, 1.82) is 0 Å². The van der Waals surface area contributed by atoms with Crippen LogP contribution in [0.5, 0.6) is 0 Å². The number of aromatic nitrogens is 2. The van der Waals surface area contributed by atoms with E-state index in [0.29, 0.717) is 18.7 Å². The van der Waals surface area contributed by atoms with Crippen LogP contribution in [-0.4, -0.2) is 33.6 Å². The van der Waals surface area contributed by atoms with Gasteiger partial charge in [-0.1, -0.05) is 35.9 Å². The molecule has 0 spiro atoms. The number of carbonyl (C=O) groups is 1. The molecule has 4 aromatic rings. The van der Waals surface area contributed by atoms with Gasteiger partial charge in [0.05, 0.1) is 12.3 Å². The monoisotopic (exact) mass is 414 g/mol. The van der Waals surface area contributed by atoms with E-state index in [4.69, 9.17) is 10.1 Å². The summed E-state index contributed by atoms with van der Waals surface area (Å²) in [4.78, 5) is 17.6. The van der Waals surface area contributed by atoms with Gasteiger partial charge in [0.1, 0.15) is 5.65 Å². The summed E-state index contributed by atoms with van der Waals surface area (Å²) < 4.78 is 2.02. The van der Waals surface area contributed by atoms with Gasteiger partial charge in [-0.05, 0) is 49.2 Å². The van der Waals surface area contributed by atoms with E-state index in [1.54, 1.807) is 0 Å². The van der Waals surface area contributed by atoms with Gasteiger partial charge in [-0.3, -0.25) is 4.79 Å². The zero-order chi connectivity index (χ0) is 21.8. The molecule has 0 aliphatic heterocycles. The third kappa shape index (κ3) is 4.66. The van der Waals surface area contributed by atoms with Crippen LogP contribution in [-0.2, 0) is 6.54 Å². The van der Waals surface area contributed by atoms with Crippen molar-refractivity contribution in [2.75, 3.05) is 18.5 Å². The van der Waals surface area contributed by atoms with Gasteiger partial charge in [0.2, 0.25) is 0 Å². The summed E-state index contributed by atoms with van der Waals surface area (Å²) in [5.41, 5.74) is 7.29. The number of hydrogen-bond donors (Lipinski definition) is 3. The van der Waals surface area contributed by atoms with Crippen LogP contribution >= 0.6 is 0 Å². The fourth-order valence-electron chi connectivity index (χ4n) is 3.61. The van der Waals surface area contributed by atoms with Crippen molar-refractivity contribution in [2.24, 2.45) is 0 Å². The zero-order valence-corrected chi connectivity index (χ0v) is 17.7. The average Bonchev–Trinajstić information content (AvgIpc) is 3.20. The quantitative estimate of drug-likeness (QED) is 0.400. The molecule has 2 heterocycles. The van der Waals surface area contributed by atoms with E-state index in [1.165, 1.54) is 0 Å². The van der Waals surface area contributed by atoms with Crippen LogP contribution in [0, 0.1) is 13.8 Å².